The summed E-state index contributed by atoms with van der Waals surface area (Å²) in [6, 6.07) is 0. The van der Waals surface area contributed by atoms with E-state index in [4.69, 9.17) is 10.0 Å². The van der Waals surface area contributed by atoms with Gasteiger partial charge < -0.3 is 19.4 Å². The highest BCUT2D eigenvalue weighted by molar-refractivity contribution is 6.43. The van der Waals surface area contributed by atoms with Gasteiger partial charge in [0.1, 0.15) is 0 Å². The summed E-state index contributed by atoms with van der Waals surface area (Å²) in [5.41, 5.74) is 0. The van der Waals surface area contributed by atoms with Crippen molar-refractivity contribution in [2.45, 2.75) is 18.2 Å². The molecule has 2 N–H and O–H groups in total. The predicted molar refractivity (Wildman–Crippen MR) is 38.3 cm³/mol. The SMILES string of the molecule is O=C(OB(O)O)C(=O)OC(F)(F)C(F)(F)C(F)(F)F. The van der Waals surface area contributed by atoms with Crippen molar-refractivity contribution in [1.29, 1.82) is 0 Å². The molecule has 0 fully saturated rings. The number of hydrogen-bond acceptors (Lipinski definition) is 6. The Hall–Kier alpha value is -1.57. The molecule has 0 bridgehead atoms. The number of hydrogen-bond donors (Lipinski definition) is 2. The van der Waals surface area contributed by atoms with Gasteiger partial charge in [-0.15, -0.1) is 0 Å². The van der Waals surface area contributed by atoms with Crippen molar-refractivity contribution in [3.8, 4) is 0 Å². The minimum atomic E-state index is -6.77. The summed E-state index contributed by atoms with van der Waals surface area (Å²) in [6.07, 6.45) is -13.2. The second-order valence-electron chi connectivity index (χ2n) is 2.71. The molecule has 0 saturated heterocycles. The van der Waals surface area contributed by atoms with Crippen LogP contribution in [0.3, 0.4) is 0 Å². The maximum Gasteiger partial charge on any atom is 0.709 e. The number of esters is 1. The lowest BCUT2D eigenvalue weighted by Gasteiger charge is -2.26. The third kappa shape index (κ3) is 3.95. The Labute approximate surface area is 98.4 Å². The molecule has 0 saturated carbocycles. The van der Waals surface area contributed by atoms with E-state index in [9.17, 15) is 40.3 Å². The van der Waals surface area contributed by atoms with E-state index < -0.39 is 37.5 Å². The molecule has 0 aromatic heterocycles. The first-order valence-corrected chi connectivity index (χ1v) is 3.85. The van der Waals surface area contributed by atoms with E-state index in [-0.39, 0.29) is 0 Å². The van der Waals surface area contributed by atoms with Gasteiger partial charge in [0, 0.05) is 0 Å². The topological polar surface area (TPSA) is 93.1 Å². The number of alkyl halides is 7. The first-order valence-electron chi connectivity index (χ1n) is 3.85. The van der Waals surface area contributed by atoms with Crippen molar-refractivity contribution in [2.24, 2.45) is 0 Å². The number of rotatable bonds is 3. The maximum atomic E-state index is 12.4. The largest absolute Gasteiger partial charge is 0.709 e. The van der Waals surface area contributed by atoms with Gasteiger partial charge in [0.15, 0.2) is 0 Å². The Morgan fingerprint density at radius 2 is 1.32 bits per heavy atom. The standard InChI is InChI=1S/C5H2BF7O6/c7-3(8,4(9,10)11)5(12,13)18-1(14)2(15)19-6(16)17/h16-17H. The third-order valence-electron chi connectivity index (χ3n) is 1.32. The molecule has 19 heavy (non-hydrogen) atoms. The molecule has 0 aromatic rings. The van der Waals surface area contributed by atoms with Crippen LogP contribution >= 0.6 is 0 Å². The molecule has 110 valence electrons. The van der Waals surface area contributed by atoms with Gasteiger partial charge in [-0.1, -0.05) is 0 Å². The fraction of sp³-hybridized carbons (Fsp3) is 0.600. The lowest BCUT2D eigenvalue weighted by molar-refractivity contribution is -0.411. The first kappa shape index (κ1) is 17.4. The summed E-state index contributed by atoms with van der Waals surface area (Å²) in [7, 11) is -2.99. The van der Waals surface area contributed by atoms with E-state index in [0.717, 1.165) is 0 Å². The summed E-state index contributed by atoms with van der Waals surface area (Å²) < 4.78 is 89.3. The second kappa shape index (κ2) is 5.20. The Balaban J connectivity index is 4.97. The van der Waals surface area contributed by atoms with Crippen LogP contribution in [-0.2, 0) is 19.0 Å². The van der Waals surface area contributed by atoms with Crippen LogP contribution in [0, 0.1) is 0 Å². The Morgan fingerprint density at radius 1 is 0.895 bits per heavy atom. The Kier molecular flexibility index (Phi) is 4.77. The van der Waals surface area contributed by atoms with Crippen molar-refractivity contribution in [2.75, 3.05) is 0 Å². The van der Waals surface area contributed by atoms with E-state index in [1.807, 2.05) is 0 Å². The fourth-order valence-electron chi connectivity index (χ4n) is 0.531. The highest BCUT2D eigenvalue weighted by atomic mass is 19.4. The molecule has 0 aliphatic carbocycles. The van der Waals surface area contributed by atoms with E-state index in [2.05, 4.69) is 9.39 Å². The quantitative estimate of drug-likeness (QED) is 0.325. The zero-order valence-corrected chi connectivity index (χ0v) is 8.25. The van der Waals surface area contributed by atoms with Gasteiger partial charge >= 0.3 is 37.5 Å². The van der Waals surface area contributed by atoms with Gasteiger partial charge in [-0.05, 0) is 0 Å². The number of carbonyl (C=O) groups is 2. The molecule has 0 aliphatic rings. The van der Waals surface area contributed by atoms with Gasteiger partial charge in [0.25, 0.3) is 0 Å². The van der Waals surface area contributed by atoms with Crippen molar-refractivity contribution in [3.05, 3.63) is 0 Å². The van der Waals surface area contributed by atoms with Crippen LogP contribution in [0.1, 0.15) is 0 Å². The van der Waals surface area contributed by atoms with Crippen LogP contribution in [0.4, 0.5) is 30.7 Å². The molecule has 0 radical (unpaired) electrons. The number of ether oxygens (including phenoxy) is 1. The molecule has 0 unspecified atom stereocenters. The molecular weight excluding hydrogens is 300 g/mol. The monoisotopic (exact) mass is 302 g/mol. The summed E-state index contributed by atoms with van der Waals surface area (Å²) in [5, 5.41) is 15.9. The van der Waals surface area contributed by atoms with Gasteiger partial charge in [-0.3, -0.25) is 0 Å². The van der Waals surface area contributed by atoms with Crippen LogP contribution in [-0.4, -0.2) is 47.5 Å². The summed E-state index contributed by atoms with van der Waals surface area (Å²) in [5.74, 6) is -12.4. The van der Waals surface area contributed by atoms with E-state index >= 15 is 0 Å². The number of carbonyl (C=O) groups excluding carboxylic acids is 2. The van der Waals surface area contributed by atoms with Crippen LogP contribution in [0.5, 0.6) is 0 Å². The van der Waals surface area contributed by atoms with Crippen LogP contribution in [0.25, 0.3) is 0 Å². The molecular formula is C5H2BF7O6. The van der Waals surface area contributed by atoms with Gasteiger partial charge in [0.2, 0.25) is 0 Å². The summed E-state index contributed by atoms with van der Waals surface area (Å²) >= 11 is 0. The molecule has 0 amide bonds. The molecule has 0 rings (SSSR count). The predicted octanol–water partition coefficient (Wildman–Crippen LogP) is -0.167. The summed E-state index contributed by atoms with van der Waals surface area (Å²) in [6.45, 7) is 0. The van der Waals surface area contributed by atoms with Crippen LogP contribution < -0.4 is 0 Å². The van der Waals surface area contributed by atoms with Crippen molar-refractivity contribution >= 4 is 19.3 Å². The van der Waals surface area contributed by atoms with Crippen LogP contribution in [0.2, 0.25) is 0 Å². The molecule has 6 nitrogen and oxygen atoms in total. The molecule has 0 spiro atoms. The normalized spacial score (nSPS) is 12.9. The highest BCUT2D eigenvalue weighted by Gasteiger charge is 2.76. The Morgan fingerprint density at radius 3 is 1.63 bits per heavy atom. The van der Waals surface area contributed by atoms with E-state index in [1.54, 1.807) is 0 Å². The molecule has 14 heteroatoms. The van der Waals surface area contributed by atoms with Gasteiger partial charge in [0.05, 0.1) is 0 Å². The van der Waals surface area contributed by atoms with Gasteiger partial charge in [-0.2, -0.15) is 30.7 Å². The minimum absolute atomic E-state index is 2.35. The smallest absolute Gasteiger partial charge is 0.476 e. The third-order valence-corrected chi connectivity index (χ3v) is 1.32. The van der Waals surface area contributed by atoms with E-state index in [0.29, 0.717) is 0 Å². The molecule has 0 atom stereocenters. The average Bonchev–Trinajstić information content (AvgIpc) is 2.13. The second-order valence-corrected chi connectivity index (χ2v) is 2.71. The highest BCUT2D eigenvalue weighted by Crippen LogP contribution is 2.46. The van der Waals surface area contributed by atoms with Crippen LogP contribution in [0.15, 0.2) is 0 Å². The average molecular weight is 302 g/mol. The molecule has 0 aliphatic heterocycles. The van der Waals surface area contributed by atoms with Gasteiger partial charge in [-0.25, -0.2) is 9.59 Å². The molecule has 0 aromatic carbocycles. The first-order chi connectivity index (χ1) is 8.22. The maximum absolute atomic E-state index is 12.4. The summed E-state index contributed by atoms with van der Waals surface area (Å²) in [4.78, 5) is 20.7. The number of halogens is 7. The van der Waals surface area contributed by atoms with E-state index in [1.165, 1.54) is 0 Å². The molecule has 0 heterocycles. The lowest BCUT2D eigenvalue weighted by atomic mass is 10.2. The van der Waals surface area contributed by atoms with Crippen molar-refractivity contribution in [3.63, 3.8) is 0 Å². The van der Waals surface area contributed by atoms with Crippen molar-refractivity contribution in [1.82, 2.24) is 0 Å². The minimum Gasteiger partial charge on any atom is -0.476 e. The Bertz CT molecular complexity index is 365. The zero-order chi connectivity index (χ0) is 15.6. The lowest BCUT2D eigenvalue weighted by Crippen LogP contribution is -2.54. The fourth-order valence-corrected chi connectivity index (χ4v) is 0.531. The van der Waals surface area contributed by atoms with Crippen molar-refractivity contribution < 1.29 is 59.8 Å². The zero-order valence-electron chi connectivity index (χ0n) is 8.25.